The molecule has 1 saturated heterocycles. The lowest BCUT2D eigenvalue weighted by Gasteiger charge is -2.40. The number of hydrogen-bond donors (Lipinski definition) is 1. The van der Waals surface area contributed by atoms with Gasteiger partial charge < -0.3 is 10.2 Å². The summed E-state index contributed by atoms with van der Waals surface area (Å²) >= 11 is 0. The maximum atomic E-state index is 3.60. The van der Waals surface area contributed by atoms with Gasteiger partial charge in [0.05, 0.1) is 0 Å². The molecule has 2 rings (SSSR count). The monoisotopic (exact) mass is 252 g/mol. The zero-order valence-corrected chi connectivity index (χ0v) is 12.5. The predicted octanol–water partition coefficient (Wildman–Crippen LogP) is 3.42. The van der Waals surface area contributed by atoms with Crippen molar-refractivity contribution in [2.75, 3.05) is 26.2 Å². The molecule has 2 nitrogen and oxygen atoms in total. The van der Waals surface area contributed by atoms with Gasteiger partial charge in [0, 0.05) is 19.1 Å². The van der Waals surface area contributed by atoms with Crippen molar-refractivity contribution in [2.24, 2.45) is 5.41 Å². The van der Waals surface area contributed by atoms with Crippen LogP contribution in [-0.2, 0) is 0 Å². The Morgan fingerprint density at radius 1 is 1.17 bits per heavy atom. The van der Waals surface area contributed by atoms with Crippen LogP contribution in [0.3, 0.4) is 0 Å². The van der Waals surface area contributed by atoms with Crippen molar-refractivity contribution < 1.29 is 0 Å². The second-order valence-electron chi connectivity index (χ2n) is 6.53. The van der Waals surface area contributed by atoms with Gasteiger partial charge in [-0.3, -0.25) is 0 Å². The van der Waals surface area contributed by atoms with Crippen LogP contribution >= 0.6 is 0 Å². The van der Waals surface area contributed by atoms with E-state index in [-0.39, 0.29) is 0 Å². The first kappa shape index (κ1) is 14.3. The highest BCUT2D eigenvalue weighted by Crippen LogP contribution is 2.34. The fourth-order valence-corrected chi connectivity index (χ4v) is 4.13. The summed E-state index contributed by atoms with van der Waals surface area (Å²) in [5.74, 6) is 0. The molecule has 1 N–H and O–H groups in total. The Bertz CT molecular complexity index is 227. The van der Waals surface area contributed by atoms with E-state index in [9.17, 15) is 0 Å². The summed E-state index contributed by atoms with van der Waals surface area (Å²) in [6, 6.07) is 0.887. The Kier molecular flexibility index (Phi) is 5.50. The normalized spacial score (nSPS) is 30.2. The molecular formula is C16H32N2. The molecule has 0 amide bonds. The molecule has 0 aromatic carbocycles. The van der Waals surface area contributed by atoms with E-state index in [0.717, 1.165) is 6.04 Å². The third kappa shape index (κ3) is 3.48. The lowest BCUT2D eigenvalue weighted by molar-refractivity contribution is 0.0953. The maximum absolute atomic E-state index is 3.60. The second kappa shape index (κ2) is 6.91. The summed E-state index contributed by atoms with van der Waals surface area (Å²) in [7, 11) is 0. The molecule has 0 radical (unpaired) electrons. The van der Waals surface area contributed by atoms with Crippen LogP contribution in [0.25, 0.3) is 0 Å². The molecule has 1 saturated carbocycles. The Hall–Kier alpha value is -0.0800. The van der Waals surface area contributed by atoms with Crippen LogP contribution < -0.4 is 5.32 Å². The minimum atomic E-state index is 0.586. The van der Waals surface area contributed by atoms with Gasteiger partial charge in [0.15, 0.2) is 0 Å². The highest BCUT2D eigenvalue weighted by molar-refractivity contribution is 4.91. The van der Waals surface area contributed by atoms with Gasteiger partial charge in [0.1, 0.15) is 0 Å². The van der Waals surface area contributed by atoms with Crippen molar-refractivity contribution in [1.29, 1.82) is 0 Å². The maximum Gasteiger partial charge on any atom is 0.00953 e. The van der Waals surface area contributed by atoms with E-state index in [2.05, 4.69) is 24.1 Å². The molecule has 2 heteroatoms. The summed E-state index contributed by atoms with van der Waals surface area (Å²) in [6.07, 6.45) is 11.4. The van der Waals surface area contributed by atoms with Crippen molar-refractivity contribution in [1.82, 2.24) is 10.2 Å². The molecule has 1 aliphatic heterocycles. The smallest absolute Gasteiger partial charge is 0.00953 e. The fraction of sp³-hybridized carbons (Fsp3) is 1.00. The van der Waals surface area contributed by atoms with Gasteiger partial charge in [-0.1, -0.05) is 39.5 Å². The van der Waals surface area contributed by atoms with Gasteiger partial charge in [0.25, 0.3) is 0 Å². The van der Waals surface area contributed by atoms with E-state index in [1.54, 1.807) is 0 Å². The van der Waals surface area contributed by atoms with Crippen molar-refractivity contribution in [3.8, 4) is 0 Å². The van der Waals surface area contributed by atoms with E-state index in [1.807, 2.05) is 0 Å². The third-order valence-electron chi connectivity index (χ3n) is 5.15. The molecule has 0 aromatic heterocycles. The molecule has 2 aliphatic rings. The highest BCUT2D eigenvalue weighted by atomic mass is 15.2. The van der Waals surface area contributed by atoms with Crippen molar-refractivity contribution in [3.05, 3.63) is 0 Å². The molecule has 0 aromatic rings. The van der Waals surface area contributed by atoms with Crippen LogP contribution in [0.5, 0.6) is 0 Å². The first-order chi connectivity index (χ1) is 8.79. The summed E-state index contributed by atoms with van der Waals surface area (Å²) in [4.78, 5) is 2.81. The largest absolute Gasteiger partial charge is 0.316 e. The standard InChI is InChI=1S/C16H32N2/c1-3-10-16(11-12-17-13-16)14-18(4-2)15-8-6-5-7-9-15/h15,17H,3-14H2,1-2H3. The molecule has 1 unspecified atom stereocenters. The number of hydrogen-bond acceptors (Lipinski definition) is 2. The summed E-state index contributed by atoms with van der Waals surface area (Å²) < 4.78 is 0. The van der Waals surface area contributed by atoms with Gasteiger partial charge in [0.2, 0.25) is 0 Å². The van der Waals surface area contributed by atoms with Crippen LogP contribution in [0.4, 0.5) is 0 Å². The Balaban J connectivity index is 1.94. The number of rotatable bonds is 6. The van der Waals surface area contributed by atoms with Gasteiger partial charge in [-0.15, -0.1) is 0 Å². The van der Waals surface area contributed by atoms with Crippen LogP contribution in [0.2, 0.25) is 0 Å². The summed E-state index contributed by atoms with van der Waals surface area (Å²) in [5.41, 5.74) is 0.586. The van der Waals surface area contributed by atoms with Crippen LogP contribution in [0, 0.1) is 5.41 Å². The van der Waals surface area contributed by atoms with E-state index < -0.39 is 0 Å². The Labute approximate surface area is 114 Å². The van der Waals surface area contributed by atoms with E-state index in [4.69, 9.17) is 0 Å². The topological polar surface area (TPSA) is 15.3 Å². The average molecular weight is 252 g/mol. The van der Waals surface area contributed by atoms with Gasteiger partial charge in [-0.05, 0) is 44.2 Å². The molecule has 2 fully saturated rings. The zero-order valence-electron chi connectivity index (χ0n) is 12.5. The van der Waals surface area contributed by atoms with E-state index >= 15 is 0 Å². The Morgan fingerprint density at radius 2 is 1.94 bits per heavy atom. The van der Waals surface area contributed by atoms with Crippen LogP contribution in [-0.4, -0.2) is 37.1 Å². The van der Waals surface area contributed by atoms with Crippen molar-refractivity contribution >= 4 is 0 Å². The molecule has 0 spiro atoms. The molecule has 1 aliphatic carbocycles. The first-order valence-corrected chi connectivity index (χ1v) is 8.24. The minimum absolute atomic E-state index is 0.586. The van der Waals surface area contributed by atoms with Gasteiger partial charge >= 0.3 is 0 Å². The highest BCUT2D eigenvalue weighted by Gasteiger charge is 2.36. The van der Waals surface area contributed by atoms with Crippen LogP contribution in [0.15, 0.2) is 0 Å². The van der Waals surface area contributed by atoms with Crippen LogP contribution in [0.1, 0.15) is 65.2 Å². The van der Waals surface area contributed by atoms with E-state index in [0.29, 0.717) is 5.41 Å². The molecule has 106 valence electrons. The molecule has 18 heavy (non-hydrogen) atoms. The lowest BCUT2D eigenvalue weighted by Crippen LogP contribution is -2.45. The first-order valence-electron chi connectivity index (χ1n) is 8.24. The summed E-state index contributed by atoms with van der Waals surface area (Å²) in [5, 5.41) is 3.60. The average Bonchev–Trinajstić information content (AvgIpc) is 2.86. The van der Waals surface area contributed by atoms with E-state index in [1.165, 1.54) is 77.5 Å². The molecule has 1 heterocycles. The van der Waals surface area contributed by atoms with Gasteiger partial charge in [-0.2, -0.15) is 0 Å². The van der Waals surface area contributed by atoms with Crippen molar-refractivity contribution in [2.45, 2.75) is 71.3 Å². The molecular weight excluding hydrogens is 220 g/mol. The number of nitrogens with zero attached hydrogens (tertiary/aromatic N) is 1. The minimum Gasteiger partial charge on any atom is -0.316 e. The second-order valence-corrected chi connectivity index (χ2v) is 6.53. The summed E-state index contributed by atoms with van der Waals surface area (Å²) in [6.45, 7) is 9.78. The predicted molar refractivity (Wildman–Crippen MR) is 78.9 cm³/mol. The van der Waals surface area contributed by atoms with Crippen molar-refractivity contribution in [3.63, 3.8) is 0 Å². The number of nitrogens with one attached hydrogen (secondary N) is 1. The van der Waals surface area contributed by atoms with Gasteiger partial charge in [-0.25, -0.2) is 0 Å². The fourth-order valence-electron chi connectivity index (χ4n) is 4.13. The SMILES string of the molecule is CCCC1(CN(CC)C2CCCCC2)CCNC1. The molecule has 0 bridgehead atoms. The zero-order chi connectivity index (χ0) is 12.8. The Morgan fingerprint density at radius 3 is 2.50 bits per heavy atom. The lowest BCUT2D eigenvalue weighted by atomic mass is 9.81. The third-order valence-corrected chi connectivity index (χ3v) is 5.15. The molecule has 1 atom stereocenters. The quantitative estimate of drug-likeness (QED) is 0.779.